The third-order valence-electron chi connectivity index (χ3n) is 4.36. The summed E-state index contributed by atoms with van der Waals surface area (Å²) in [6, 6.07) is 0. The molecule has 1 aliphatic rings. The smallest absolute Gasteiger partial charge is 0.0703 e. The first-order valence-corrected chi connectivity index (χ1v) is 9.19. The maximum Gasteiger partial charge on any atom is 0.0703 e. The molecule has 1 aliphatic heterocycles. The van der Waals surface area contributed by atoms with Crippen LogP contribution in [0.25, 0.3) is 0 Å². The van der Waals surface area contributed by atoms with Crippen LogP contribution in [0.2, 0.25) is 0 Å². The van der Waals surface area contributed by atoms with Crippen LogP contribution in [0.1, 0.15) is 90.9 Å². The molecule has 2 atom stereocenters. The summed E-state index contributed by atoms with van der Waals surface area (Å²) in [5.41, 5.74) is 0. The summed E-state index contributed by atoms with van der Waals surface area (Å²) in [7, 11) is 0. The van der Waals surface area contributed by atoms with Gasteiger partial charge >= 0.3 is 0 Å². The molecule has 0 radical (unpaired) electrons. The van der Waals surface area contributed by atoms with Gasteiger partial charge in [-0.25, -0.2) is 0 Å². The van der Waals surface area contributed by atoms with Gasteiger partial charge in [-0.3, -0.25) is 0 Å². The fourth-order valence-electron chi connectivity index (χ4n) is 3.08. The highest BCUT2D eigenvalue weighted by atomic mass is 16.5. The standard InChI is InChI=1S/C18H37NO/c1-3-4-5-6-7-8-9-10-11-12-13-14-18-16-19-15-17(2)20-18/h17-19H,3-16H2,1-2H3. The summed E-state index contributed by atoms with van der Waals surface area (Å²) >= 11 is 0. The van der Waals surface area contributed by atoms with Gasteiger partial charge in [-0.1, -0.05) is 77.6 Å². The van der Waals surface area contributed by atoms with Gasteiger partial charge in [0.15, 0.2) is 0 Å². The van der Waals surface area contributed by atoms with E-state index in [1.54, 1.807) is 0 Å². The number of hydrogen-bond donors (Lipinski definition) is 1. The number of rotatable bonds is 12. The van der Waals surface area contributed by atoms with Gasteiger partial charge in [0.25, 0.3) is 0 Å². The quantitative estimate of drug-likeness (QED) is 0.505. The summed E-state index contributed by atoms with van der Waals surface area (Å²) in [6.07, 6.45) is 17.8. The zero-order valence-corrected chi connectivity index (χ0v) is 14.0. The first-order chi connectivity index (χ1) is 9.83. The van der Waals surface area contributed by atoms with Crippen molar-refractivity contribution in [3.8, 4) is 0 Å². The molecule has 20 heavy (non-hydrogen) atoms. The second-order valence-corrected chi connectivity index (χ2v) is 6.55. The van der Waals surface area contributed by atoms with E-state index in [4.69, 9.17) is 4.74 Å². The molecule has 2 unspecified atom stereocenters. The molecule has 0 aliphatic carbocycles. The molecule has 0 aromatic carbocycles. The maximum absolute atomic E-state index is 5.92. The van der Waals surface area contributed by atoms with E-state index in [2.05, 4.69) is 19.2 Å². The number of ether oxygens (including phenoxy) is 1. The maximum atomic E-state index is 5.92. The van der Waals surface area contributed by atoms with Crippen molar-refractivity contribution in [3.05, 3.63) is 0 Å². The second kappa shape index (κ2) is 12.6. The Morgan fingerprint density at radius 2 is 1.35 bits per heavy atom. The van der Waals surface area contributed by atoms with Crippen LogP contribution in [0.5, 0.6) is 0 Å². The van der Waals surface area contributed by atoms with Crippen LogP contribution in [0, 0.1) is 0 Å². The SMILES string of the molecule is CCCCCCCCCCCCCC1CNCC(C)O1. The van der Waals surface area contributed by atoms with Gasteiger partial charge in [-0.15, -0.1) is 0 Å². The first kappa shape index (κ1) is 18.0. The fraction of sp³-hybridized carbons (Fsp3) is 1.00. The zero-order chi connectivity index (χ0) is 14.5. The molecule has 1 saturated heterocycles. The minimum atomic E-state index is 0.404. The van der Waals surface area contributed by atoms with Gasteiger partial charge < -0.3 is 10.1 Å². The zero-order valence-electron chi connectivity index (χ0n) is 14.0. The lowest BCUT2D eigenvalue weighted by Crippen LogP contribution is -2.43. The summed E-state index contributed by atoms with van der Waals surface area (Å²) in [6.45, 7) is 6.53. The second-order valence-electron chi connectivity index (χ2n) is 6.55. The molecular weight excluding hydrogens is 246 g/mol. The van der Waals surface area contributed by atoms with Gasteiger partial charge in [-0.2, -0.15) is 0 Å². The Bertz CT molecular complexity index is 208. The van der Waals surface area contributed by atoms with E-state index in [-0.39, 0.29) is 0 Å². The monoisotopic (exact) mass is 283 g/mol. The summed E-state index contributed by atoms with van der Waals surface area (Å²) in [5.74, 6) is 0. The number of unbranched alkanes of at least 4 members (excludes halogenated alkanes) is 10. The Morgan fingerprint density at radius 1 is 0.800 bits per heavy atom. The lowest BCUT2D eigenvalue weighted by molar-refractivity contribution is -0.0317. The average molecular weight is 284 g/mol. The Morgan fingerprint density at radius 3 is 1.90 bits per heavy atom. The molecule has 0 aromatic heterocycles. The van der Waals surface area contributed by atoms with Gasteiger partial charge in [-0.05, 0) is 13.3 Å². The van der Waals surface area contributed by atoms with Crippen LogP contribution >= 0.6 is 0 Å². The third kappa shape index (κ3) is 9.77. The molecule has 0 saturated carbocycles. The van der Waals surface area contributed by atoms with E-state index in [0.717, 1.165) is 13.1 Å². The van der Waals surface area contributed by atoms with Crippen molar-refractivity contribution in [1.82, 2.24) is 5.32 Å². The highest BCUT2D eigenvalue weighted by Crippen LogP contribution is 2.14. The number of nitrogens with one attached hydrogen (secondary N) is 1. The van der Waals surface area contributed by atoms with Crippen molar-refractivity contribution in [2.45, 2.75) is 103 Å². The molecular formula is C18H37NO. The van der Waals surface area contributed by atoms with E-state index < -0.39 is 0 Å². The van der Waals surface area contributed by atoms with E-state index in [0.29, 0.717) is 12.2 Å². The minimum Gasteiger partial charge on any atom is -0.373 e. The lowest BCUT2D eigenvalue weighted by Gasteiger charge is -2.28. The van der Waals surface area contributed by atoms with Crippen molar-refractivity contribution in [1.29, 1.82) is 0 Å². The highest BCUT2D eigenvalue weighted by molar-refractivity contribution is 4.71. The normalized spacial score (nSPS) is 23.1. The summed E-state index contributed by atoms with van der Waals surface area (Å²) in [5, 5.41) is 3.45. The Balaban J connectivity index is 1.76. The molecule has 120 valence electrons. The van der Waals surface area contributed by atoms with Crippen molar-refractivity contribution in [2.75, 3.05) is 13.1 Å². The molecule has 0 amide bonds. The van der Waals surface area contributed by atoms with E-state index in [1.807, 2.05) is 0 Å². The van der Waals surface area contributed by atoms with Gasteiger partial charge in [0, 0.05) is 13.1 Å². The minimum absolute atomic E-state index is 0.404. The molecule has 1 fully saturated rings. The molecule has 2 nitrogen and oxygen atoms in total. The predicted molar refractivity (Wildman–Crippen MR) is 88.3 cm³/mol. The summed E-state index contributed by atoms with van der Waals surface area (Å²) in [4.78, 5) is 0. The van der Waals surface area contributed by atoms with Crippen LogP contribution < -0.4 is 5.32 Å². The van der Waals surface area contributed by atoms with Gasteiger partial charge in [0.1, 0.15) is 0 Å². The number of hydrogen-bond acceptors (Lipinski definition) is 2. The van der Waals surface area contributed by atoms with Crippen molar-refractivity contribution >= 4 is 0 Å². The molecule has 0 spiro atoms. The lowest BCUT2D eigenvalue weighted by atomic mass is 10.0. The van der Waals surface area contributed by atoms with E-state index in [9.17, 15) is 0 Å². The molecule has 0 bridgehead atoms. The molecule has 2 heteroatoms. The number of morpholine rings is 1. The van der Waals surface area contributed by atoms with Gasteiger partial charge in [0.2, 0.25) is 0 Å². The Kier molecular flexibility index (Phi) is 11.4. The Labute approximate surface area is 127 Å². The van der Waals surface area contributed by atoms with Crippen molar-refractivity contribution < 1.29 is 4.74 Å². The van der Waals surface area contributed by atoms with Crippen molar-refractivity contribution in [2.24, 2.45) is 0 Å². The van der Waals surface area contributed by atoms with Crippen molar-refractivity contribution in [3.63, 3.8) is 0 Å². The predicted octanol–water partition coefficient (Wildman–Crippen LogP) is 5.06. The fourth-order valence-corrected chi connectivity index (χ4v) is 3.08. The first-order valence-electron chi connectivity index (χ1n) is 9.19. The molecule has 1 rings (SSSR count). The van der Waals surface area contributed by atoms with Crippen LogP contribution in [0.3, 0.4) is 0 Å². The third-order valence-corrected chi connectivity index (χ3v) is 4.36. The van der Waals surface area contributed by atoms with Gasteiger partial charge in [0.05, 0.1) is 12.2 Å². The van der Waals surface area contributed by atoms with Crippen LogP contribution in [0.4, 0.5) is 0 Å². The molecule has 1 heterocycles. The largest absolute Gasteiger partial charge is 0.373 e. The van der Waals surface area contributed by atoms with E-state index in [1.165, 1.54) is 77.0 Å². The van der Waals surface area contributed by atoms with Crippen LogP contribution in [-0.4, -0.2) is 25.3 Å². The highest BCUT2D eigenvalue weighted by Gasteiger charge is 2.17. The molecule has 0 aromatic rings. The Hall–Kier alpha value is -0.0800. The topological polar surface area (TPSA) is 21.3 Å². The summed E-state index contributed by atoms with van der Waals surface area (Å²) < 4.78 is 5.92. The van der Waals surface area contributed by atoms with Crippen LogP contribution in [0.15, 0.2) is 0 Å². The average Bonchev–Trinajstić information content (AvgIpc) is 2.45. The molecule has 1 N–H and O–H groups in total. The van der Waals surface area contributed by atoms with E-state index >= 15 is 0 Å². The van der Waals surface area contributed by atoms with Crippen LogP contribution in [-0.2, 0) is 4.74 Å².